The Morgan fingerprint density at radius 1 is 1.19 bits per heavy atom. The number of halogens is 1. The molecule has 0 bridgehead atoms. The minimum Gasteiger partial charge on any atom is -0.370 e. The lowest BCUT2D eigenvalue weighted by Crippen LogP contribution is -2.22. The second-order valence-corrected chi connectivity index (χ2v) is 5.13. The molecule has 0 saturated heterocycles. The SMILES string of the molecule is CCCNCc1c(F)cccc1N(C)Cc1ccncc1. The first-order valence-electron chi connectivity index (χ1n) is 7.30. The Morgan fingerprint density at radius 3 is 2.67 bits per heavy atom. The van der Waals surface area contributed by atoms with Gasteiger partial charge in [-0.2, -0.15) is 0 Å². The molecule has 1 heterocycles. The van der Waals surface area contributed by atoms with E-state index in [2.05, 4.69) is 22.1 Å². The second-order valence-electron chi connectivity index (χ2n) is 5.13. The normalized spacial score (nSPS) is 10.6. The molecule has 112 valence electrons. The van der Waals surface area contributed by atoms with Gasteiger partial charge >= 0.3 is 0 Å². The van der Waals surface area contributed by atoms with E-state index in [0.29, 0.717) is 6.54 Å². The van der Waals surface area contributed by atoms with Crippen LogP contribution in [0.4, 0.5) is 10.1 Å². The van der Waals surface area contributed by atoms with Crippen LogP contribution >= 0.6 is 0 Å². The molecule has 0 aliphatic carbocycles. The minimum absolute atomic E-state index is 0.155. The van der Waals surface area contributed by atoms with Gasteiger partial charge in [0.1, 0.15) is 5.82 Å². The maximum Gasteiger partial charge on any atom is 0.129 e. The summed E-state index contributed by atoms with van der Waals surface area (Å²) in [5.74, 6) is -0.155. The van der Waals surface area contributed by atoms with E-state index in [4.69, 9.17) is 0 Å². The smallest absolute Gasteiger partial charge is 0.129 e. The summed E-state index contributed by atoms with van der Waals surface area (Å²) in [6.45, 7) is 4.27. The third-order valence-corrected chi connectivity index (χ3v) is 3.40. The van der Waals surface area contributed by atoms with E-state index >= 15 is 0 Å². The number of aromatic nitrogens is 1. The second kappa shape index (κ2) is 7.74. The molecule has 1 N–H and O–H groups in total. The van der Waals surface area contributed by atoms with Crippen molar-refractivity contribution in [1.29, 1.82) is 0 Å². The van der Waals surface area contributed by atoms with Gasteiger partial charge in [-0.15, -0.1) is 0 Å². The van der Waals surface area contributed by atoms with Crippen LogP contribution in [-0.2, 0) is 13.1 Å². The highest BCUT2D eigenvalue weighted by atomic mass is 19.1. The molecule has 2 aromatic rings. The maximum absolute atomic E-state index is 14.1. The molecule has 1 aromatic heterocycles. The van der Waals surface area contributed by atoms with Gasteiger partial charge in [0.05, 0.1) is 0 Å². The Kier molecular flexibility index (Phi) is 5.69. The van der Waals surface area contributed by atoms with Crippen LogP contribution < -0.4 is 10.2 Å². The fraction of sp³-hybridized carbons (Fsp3) is 0.353. The average molecular weight is 287 g/mol. The predicted molar refractivity (Wildman–Crippen MR) is 84.7 cm³/mol. The summed E-state index contributed by atoms with van der Waals surface area (Å²) in [7, 11) is 1.98. The van der Waals surface area contributed by atoms with Crippen molar-refractivity contribution in [2.75, 3.05) is 18.5 Å². The number of nitrogens with zero attached hydrogens (tertiary/aromatic N) is 2. The number of hydrogen-bond donors (Lipinski definition) is 1. The van der Waals surface area contributed by atoms with E-state index in [9.17, 15) is 4.39 Å². The molecular formula is C17H22FN3. The Hall–Kier alpha value is -1.94. The van der Waals surface area contributed by atoms with Gasteiger partial charge in [-0.1, -0.05) is 13.0 Å². The summed E-state index contributed by atoms with van der Waals surface area (Å²) in [6.07, 6.45) is 4.59. The Labute approximate surface area is 125 Å². The van der Waals surface area contributed by atoms with E-state index in [-0.39, 0.29) is 5.82 Å². The molecule has 0 spiro atoms. The summed E-state index contributed by atoms with van der Waals surface area (Å²) in [5.41, 5.74) is 2.81. The lowest BCUT2D eigenvalue weighted by molar-refractivity contribution is 0.585. The molecule has 0 saturated carbocycles. The van der Waals surface area contributed by atoms with Crippen molar-refractivity contribution < 1.29 is 4.39 Å². The Bertz CT molecular complexity index is 557. The van der Waals surface area contributed by atoms with Crippen LogP contribution in [0.15, 0.2) is 42.7 Å². The molecule has 2 rings (SSSR count). The van der Waals surface area contributed by atoms with E-state index in [1.807, 2.05) is 25.2 Å². The van der Waals surface area contributed by atoms with Crippen molar-refractivity contribution in [1.82, 2.24) is 10.3 Å². The highest BCUT2D eigenvalue weighted by molar-refractivity contribution is 5.54. The summed E-state index contributed by atoms with van der Waals surface area (Å²) in [6, 6.07) is 9.20. The van der Waals surface area contributed by atoms with Gasteiger partial charge in [-0.3, -0.25) is 4.98 Å². The van der Waals surface area contributed by atoms with Crippen molar-refractivity contribution >= 4 is 5.69 Å². The van der Waals surface area contributed by atoms with Crippen molar-refractivity contribution in [3.8, 4) is 0 Å². The first-order chi connectivity index (χ1) is 10.2. The van der Waals surface area contributed by atoms with Crippen LogP contribution in [0.3, 0.4) is 0 Å². The molecule has 21 heavy (non-hydrogen) atoms. The number of hydrogen-bond acceptors (Lipinski definition) is 3. The lowest BCUT2D eigenvalue weighted by atomic mass is 10.1. The van der Waals surface area contributed by atoms with E-state index in [0.717, 1.165) is 36.3 Å². The van der Waals surface area contributed by atoms with Crippen LogP contribution in [0, 0.1) is 5.82 Å². The number of benzene rings is 1. The van der Waals surface area contributed by atoms with Gasteiger partial charge in [0.15, 0.2) is 0 Å². The summed E-state index contributed by atoms with van der Waals surface area (Å²) >= 11 is 0. The van der Waals surface area contributed by atoms with Gasteiger partial charge < -0.3 is 10.2 Å². The van der Waals surface area contributed by atoms with Crippen molar-refractivity contribution in [2.45, 2.75) is 26.4 Å². The Balaban J connectivity index is 2.15. The molecule has 0 atom stereocenters. The van der Waals surface area contributed by atoms with E-state index in [1.165, 1.54) is 6.07 Å². The molecule has 1 aromatic carbocycles. The van der Waals surface area contributed by atoms with Crippen molar-refractivity contribution in [3.63, 3.8) is 0 Å². The monoisotopic (exact) mass is 287 g/mol. The molecule has 3 nitrogen and oxygen atoms in total. The average Bonchev–Trinajstić information content (AvgIpc) is 2.50. The highest BCUT2D eigenvalue weighted by Gasteiger charge is 2.12. The third-order valence-electron chi connectivity index (χ3n) is 3.40. The maximum atomic E-state index is 14.1. The quantitative estimate of drug-likeness (QED) is 0.792. The zero-order valence-electron chi connectivity index (χ0n) is 12.6. The zero-order valence-corrected chi connectivity index (χ0v) is 12.6. The number of nitrogens with one attached hydrogen (secondary N) is 1. The van der Waals surface area contributed by atoms with Gasteiger partial charge in [-0.25, -0.2) is 4.39 Å². The van der Waals surface area contributed by atoms with Crippen LogP contribution in [0.1, 0.15) is 24.5 Å². The van der Waals surface area contributed by atoms with Gasteiger partial charge in [0, 0.05) is 43.8 Å². The van der Waals surface area contributed by atoms with Gasteiger partial charge in [-0.05, 0) is 42.8 Å². The molecule has 0 fully saturated rings. The van der Waals surface area contributed by atoms with Crippen molar-refractivity contribution in [2.24, 2.45) is 0 Å². The van der Waals surface area contributed by atoms with Gasteiger partial charge in [0.25, 0.3) is 0 Å². The number of rotatable bonds is 7. The van der Waals surface area contributed by atoms with Crippen molar-refractivity contribution in [3.05, 3.63) is 59.7 Å². The highest BCUT2D eigenvalue weighted by Crippen LogP contribution is 2.23. The number of pyridine rings is 1. The zero-order chi connectivity index (χ0) is 15.1. The summed E-state index contributed by atoms with van der Waals surface area (Å²) < 4.78 is 14.1. The van der Waals surface area contributed by atoms with Gasteiger partial charge in [0.2, 0.25) is 0 Å². The standard InChI is InChI=1S/C17H22FN3/c1-3-9-20-12-15-16(18)5-4-6-17(15)21(2)13-14-7-10-19-11-8-14/h4-8,10-11,20H,3,9,12-13H2,1-2H3. The minimum atomic E-state index is -0.155. The summed E-state index contributed by atoms with van der Waals surface area (Å²) in [5, 5.41) is 3.27. The molecular weight excluding hydrogens is 265 g/mol. The molecule has 0 amide bonds. The van der Waals surface area contributed by atoms with E-state index < -0.39 is 0 Å². The molecule has 0 unspecified atom stereocenters. The third kappa shape index (κ3) is 4.26. The summed E-state index contributed by atoms with van der Waals surface area (Å²) in [4.78, 5) is 6.09. The fourth-order valence-electron chi connectivity index (χ4n) is 2.32. The predicted octanol–water partition coefficient (Wildman–Crippen LogP) is 3.36. The number of anilines is 1. The largest absolute Gasteiger partial charge is 0.370 e. The molecule has 0 aliphatic heterocycles. The topological polar surface area (TPSA) is 28.2 Å². The lowest BCUT2D eigenvalue weighted by Gasteiger charge is -2.23. The van der Waals surface area contributed by atoms with Crippen LogP contribution in [-0.4, -0.2) is 18.6 Å². The molecule has 0 aliphatic rings. The van der Waals surface area contributed by atoms with Crippen LogP contribution in [0.2, 0.25) is 0 Å². The fourth-order valence-corrected chi connectivity index (χ4v) is 2.32. The first-order valence-corrected chi connectivity index (χ1v) is 7.30. The first kappa shape index (κ1) is 15.4. The van der Waals surface area contributed by atoms with Crippen LogP contribution in [0.25, 0.3) is 0 Å². The molecule has 0 radical (unpaired) electrons. The van der Waals surface area contributed by atoms with Crippen LogP contribution in [0.5, 0.6) is 0 Å². The van der Waals surface area contributed by atoms with E-state index in [1.54, 1.807) is 18.5 Å². The Morgan fingerprint density at radius 2 is 1.95 bits per heavy atom. The molecule has 4 heteroatoms.